The monoisotopic (exact) mass is 269 g/mol. The van der Waals surface area contributed by atoms with E-state index in [2.05, 4.69) is 4.98 Å². The minimum atomic E-state index is -0.444. The molecule has 1 amide bonds. The number of rotatable bonds is 6. The molecule has 1 aromatic rings. The van der Waals surface area contributed by atoms with Crippen molar-refractivity contribution in [3.05, 3.63) is 28.4 Å². The second kappa shape index (κ2) is 6.95. The Bertz CT molecular complexity index is 437. The molecule has 98 valence electrons. The van der Waals surface area contributed by atoms with Crippen LogP contribution in [0.5, 0.6) is 0 Å². The first-order chi connectivity index (χ1) is 8.52. The summed E-state index contributed by atoms with van der Waals surface area (Å²) in [5.41, 5.74) is 0.0152. The van der Waals surface area contributed by atoms with Crippen LogP contribution in [0.3, 0.4) is 0 Å². The first-order valence-corrected chi connectivity index (χ1v) is 6.43. The van der Waals surface area contributed by atoms with Crippen LogP contribution in [-0.2, 0) is 4.79 Å². The Morgan fingerprint density at radius 3 is 2.89 bits per heavy atom. The van der Waals surface area contributed by atoms with Crippen molar-refractivity contribution in [3.63, 3.8) is 0 Å². The molecule has 1 rings (SSSR count). The van der Waals surface area contributed by atoms with Gasteiger partial charge in [0.05, 0.1) is 4.92 Å². The van der Waals surface area contributed by atoms with Crippen LogP contribution in [0.15, 0.2) is 23.4 Å². The highest BCUT2D eigenvalue weighted by Crippen LogP contribution is 2.26. The number of hydrogen-bond donors (Lipinski definition) is 0. The maximum absolute atomic E-state index is 11.3. The van der Waals surface area contributed by atoms with Gasteiger partial charge in [-0.2, -0.15) is 0 Å². The first-order valence-electron chi connectivity index (χ1n) is 5.44. The van der Waals surface area contributed by atoms with Crippen LogP contribution in [0.1, 0.15) is 12.8 Å². The molecule has 18 heavy (non-hydrogen) atoms. The zero-order valence-corrected chi connectivity index (χ0v) is 11.1. The van der Waals surface area contributed by atoms with E-state index < -0.39 is 4.92 Å². The van der Waals surface area contributed by atoms with Crippen LogP contribution in [-0.4, -0.2) is 40.6 Å². The molecule has 1 aromatic heterocycles. The third-order valence-corrected chi connectivity index (χ3v) is 3.30. The summed E-state index contributed by atoms with van der Waals surface area (Å²) in [5.74, 6) is 0.698. The second-order valence-corrected chi connectivity index (χ2v) is 4.91. The lowest BCUT2D eigenvalue weighted by atomic mass is 10.3. The van der Waals surface area contributed by atoms with Crippen molar-refractivity contribution in [1.29, 1.82) is 0 Å². The molecule has 6 nitrogen and oxygen atoms in total. The molecule has 0 radical (unpaired) electrons. The molecule has 1 heterocycles. The molecule has 0 aliphatic carbocycles. The van der Waals surface area contributed by atoms with E-state index in [1.165, 1.54) is 35.0 Å². The molecule has 7 heteroatoms. The van der Waals surface area contributed by atoms with Gasteiger partial charge in [-0.05, 0) is 12.5 Å². The lowest BCUT2D eigenvalue weighted by Gasteiger charge is -2.09. The number of nitro groups is 1. The van der Waals surface area contributed by atoms with Crippen LogP contribution in [0, 0.1) is 10.1 Å². The van der Waals surface area contributed by atoms with Gasteiger partial charge in [-0.3, -0.25) is 14.9 Å². The summed E-state index contributed by atoms with van der Waals surface area (Å²) in [7, 11) is 3.41. The van der Waals surface area contributed by atoms with E-state index >= 15 is 0 Å². The number of amides is 1. The molecule has 0 saturated carbocycles. The fourth-order valence-corrected chi connectivity index (χ4v) is 2.16. The van der Waals surface area contributed by atoms with Gasteiger partial charge in [0.15, 0.2) is 5.03 Å². The zero-order valence-electron chi connectivity index (χ0n) is 10.3. The average molecular weight is 269 g/mol. The van der Waals surface area contributed by atoms with Crippen LogP contribution in [0.25, 0.3) is 0 Å². The molecular formula is C11H15N3O3S. The third-order valence-electron chi connectivity index (χ3n) is 2.22. The Morgan fingerprint density at radius 2 is 2.28 bits per heavy atom. The smallest absolute Gasteiger partial charge is 0.301 e. The van der Waals surface area contributed by atoms with Gasteiger partial charge in [0.1, 0.15) is 0 Å². The third kappa shape index (κ3) is 4.33. The number of pyridine rings is 1. The summed E-state index contributed by atoms with van der Waals surface area (Å²) in [6.45, 7) is 0. The van der Waals surface area contributed by atoms with Gasteiger partial charge in [-0.15, -0.1) is 0 Å². The van der Waals surface area contributed by atoms with Crippen LogP contribution < -0.4 is 0 Å². The zero-order chi connectivity index (χ0) is 13.5. The van der Waals surface area contributed by atoms with Gasteiger partial charge in [-0.25, -0.2) is 4.98 Å². The summed E-state index contributed by atoms with van der Waals surface area (Å²) in [6.07, 6.45) is 2.65. The predicted molar refractivity (Wildman–Crippen MR) is 69.5 cm³/mol. The number of aromatic nitrogens is 1. The minimum Gasteiger partial charge on any atom is -0.349 e. The number of carbonyl (C=O) groups is 1. The lowest BCUT2D eigenvalue weighted by Crippen LogP contribution is -2.21. The Hall–Kier alpha value is -1.63. The second-order valence-electron chi connectivity index (χ2n) is 3.82. The largest absolute Gasteiger partial charge is 0.349 e. The van der Waals surface area contributed by atoms with Crippen molar-refractivity contribution < 1.29 is 9.72 Å². The van der Waals surface area contributed by atoms with E-state index in [0.29, 0.717) is 23.6 Å². The van der Waals surface area contributed by atoms with E-state index in [9.17, 15) is 14.9 Å². The Labute approximate surface area is 110 Å². The van der Waals surface area contributed by atoms with E-state index in [1.54, 1.807) is 14.1 Å². The molecule has 0 aliphatic heterocycles. The Balaban J connectivity index is 2.45. The van der Waals surface area contributed by atoms with Crippen molar-refractivity contribution in [2.75, 3.05) is 19.8 Å². The van der Waals surface area contributed by atoms with E-state index in [-0.39, 0.29) is 11.6 Å². The summed E-state index contributed by atoms with van der Waals surface area (Å²) in [6, 6.07) is 2.97. The molecule has 0 N–H and O–H groups in total. The van der Waals surface area contributed by atoms with E-state index in [1.807, 2.05) is 0 Å². The number of thioether (sulfide) groups is 1. The van der Waals surface area contributed by atoms with Crippen LogP contribution >= 0.6 is 11.8 Å². The maximum Gasteiger partial charge on any atom is 0.301 e. The number of hydrogen-bond acceptors (Lipinski definition) is 5. The highest BCUT2D eigenvalue weighted by Gasteiger charge is 2.14. The van der Waals surface area contributed by atoms with Crippen molar-refractivity contribution in [2.45, 2.75) is 17.9 Å². The summed E-state index contributed by atoms with van der Waals surface area (Å²) < 4.78 is 0. The molecule has 0 atom stereocenters. The molecule has 0 unspecified atom stereocenters. The summed E-state index contributed by atoms with van der Waals surface area (Å²) in [5, 5.41) is 11.1. The van der Waals surface area contributed by atoms with Gasteiger partial charge in [0, 0.05) is 38.5 Å². The first kappa shape index (κ1) is 14.4. The minimum absolute atomic E-state index is 0.0152. The highest BCUT2D eigenvalue weighted by molar-refractivity contribution is 7.99. The topological polar surface area (TPSA) is 76.3 Å². The standard InChI is InChI=1S/C11H15N3O3S/c1-13(2)10(15)6-4-8-18-11-9(14(16)17)5-3-7-12-11/h3,5,7H,4,6,8H2,1-2H3. The molecule has 0 saturated heterocycles. The van der Waals surface area contributed by atoms with Gasteiger partial charge in [0.25, 0.3) is 0 Å². The van der Waals surface area contributed by atoms with Crippen LogP contribution in [0.2, 0.25) is 0 Å². The van der Waals surface area contributed by atoms with Crippen LogP contribution in [0.4, 0.5) is 5.69 Å². The Morgan fingerprint density at radius 1 is 1.56 bits per heavy atom. The quantitative estimate of drug-likeness (QED) is 0.341. The number of carbonyl (C=O) groups excluding carboxylic acids is 1. The van der Waals surface area contributed by atoms with Crippen molar-refractivity contribution in [2.24, 2.45) is 0 Å². The predicted octanol–water partition coefficient (Wildman–Crippen LogP) is 1.95. The summed E-state index contributed by atoms with van der Waals surface area (Å²) >= 11 is 1.31. The lowest BCUT2D eigenvalue weighted by molar-refractivity contribution is -0.388. The van der Waals surface area contributed by atoms with Crippen molar-refractivity contribution in [3.8, 4) is 0 Å². The normalized spacial score (nSPS) is 10.1. The number of nitrogens with zero attached hydrogens (tertiary/aromatic N) is 3. The van der Waals surface area contributed by atoms with E-state index in [4.69, 9.17) is 0 Å². The summed E-state index contributed by atoms with van der Waals surface area (Å²) in [4.78, 5) is 27.1. The highest BCUT2D eigenvalue weighted by atomic mass is 32.2. The molecular weight excluding hydrogens is 254 g/mol. The van der Waals surface area contributed by atoms with Gasteiger partial charge >= 0.3 is 5.69 Å². The van der Waals surface area contributed by atoms with E-state index in [0.717, 1.165) is 0 Å². The average Bonchev–Trinajstić information content (AvgIpc) is 2.34. The molecule has 0 aromatic carbocycles. The van der Waals surface area contributed by atoms with Crippen molar-refractivity contribution in [1.82, 2.24) is 9.88 Å². The van der Waals surface area contributed by atoms with Gasteiger partial charge in [0.2, 0.25) is 5.91 Å². The van der Waals surface area contributed by atoms with Crippen molar-refractivity contribution >= 4 is 23.4 Å². The van der Waals surface area contributed by atoms with Gasteiger partial charge in [-0.1, -0.05) is 11.8 Å². The fraction of sp³-hybridized carbons (Fsp3) is 0.455. The maximum atomic E-state index is 11.3. The molecule has 0 fully saturated rings. The van der Waals surface area contributed by atoms with Gasteiger partial charge < -0.3 is 4.90 Å². The fourth-order valence-electron chi connectivity index (χ4n) is 1.25. The SMILES string of the molecule is CN(C)C(=O)CCCSc1ncccc1[N+](=O)[O-]. The Kier molecular flexibility index (Phi) is 5.57. The molecule has 0 bridgehead atoms. The molecule has 0 aliphatic rings. The molecule has 0 spiro atoms.